The van der Waals surface area contributed by atoms with Crippen LogP contribution in [0.25, 0.3) is 0 Å². The molecule has 2 fully saturated rings. The topological polar surface area (TPSA) is 91.5 Å². The first-order valence-electron chi connectivity index (χ1n) is 13.3. The van der Waals surface area contributed by atoms with Gasteiger partial charge < -0.3 is 19.2 Å². The second-order valence-electron chi connectivity index (χ2n) is 10.0. The van der Waals surface area contributed by atoms with E-state index in [-0.39, 0.29) is 23.8 Å². The Hall–Kier alpha value is -4.34. The van der Waals surface area contributed by atoms with Gasteiger partial charge in [0.15, 0.2) is 0 Å². The minimum atomic E-state index is -0.375. The van der Waals surface area contributed by atoms with Gasteiger partial charge in [-0.1, -0.05) is 11.2 Å². The summed E-state index contributed by atoms with van der Waals surface area (Å²) < 4.78 is 19.5. The van der Waals surface area contributed by atoms with Crippen molar-refractivity contribution < 1.29 is 13.7 Å². The van der Waals surface area contributed by atoms with Crippen LogP contribution in [0.3, 0.4) is 0 Å². The summed E-state index contributed by atoms with van der Waals surface area (Å²) in [5.74, 6) is 1.79. The summed E-state index contributed by atoms with van der Waals surface area (Å²) in [6.45, 7) is 4.15. The Kier molecular flexibility index (Phi) is 6.91. The molecule has 3 aromatic heterocycles. The van der Waals surface area contributed by atoms with Crippen molar-refractivity contribution >= 4 is 23.4 Å². The van der Waals surface area contributed by atoms with Gasteiger partial charge in [0.05, 0.1) is 11.6 Å². The molecule has 0 radical (unpaired) electrons. The summed E-state index contributed by atoms with van der Waals surface area (Å²) in [6, 6.07) is 13.7. The van der Waals surface area contributed by atoms with Crippen LogP contribution >= 0.6 is 0 Å². The van der Waals surface area contributed by atoms with Crippen molar-refractivity contribution in [3.63, 3.8) is 0 Å². The molecule has 2 aliphatic rings. The number of nitrogens with zero attached hydrogens (tertiary/aromatic N) is 7. The molecular formula is C29H30FN7O2. The number of aromatic nitrogens is 4. The number of aryl methyl sites for hydroxylation is 1. The van der Waals surface area contributed by atoms with Crippen molar-refractivity contribution in [2.24, 2.45) is 0 Å². The molecule has 200 valence electrons. The number of anilines is 3. The third-order valence-electron chi connectivity index (χ3n) is 7.49. The fourth-order valence-electron chi connectivity index (χ4n) is 5.61. The van der Waals surface area contributed by atoms with Gasteiger partial charge in [0.25, 0.3) is 5.91 Å². The Morgan fingerprint density at radius 2 is 1.92 bits per heavy atom. The first-order chi connectivity index (χ1) is 19.1. The van der Waals surface area contributed by atoms with Crippen molar-refractivity contribution in [2.45, 2.75) is 44.7 Å². The molecule has 5 heterocycles. The fourth-order valence-corrected chi connectivity index (χ4v) is 5.61. The highest BCUT2D eigenvalue weighted by atomic mass is 19.1. The van der Waals surface area contributed by atoms with E-state index in [0.29, 0.717) is 43.1 Å². The Morgan fingerprint density at radius 1 is 1.05 bits per heavy atom. The van der Waals surface area contributed by atoms with E-state index in [9.17, 15) is 9.18 Å². The van der Waals surface area contributed by atoms with Gasteiger partial charge >= 0.3 is 0 Å². The minimum absolute atomic E-state index is 0.0997. The SMILES string of the molecule is Cc1cc(C2CCCN2c2ccnc(N3CCC(N(C(=O)c4cccnc4)c4cccc(F)c4)CC3)n2)no1. The smallest absolute Gasteiger partial charge is 0.260 e. The van der Waals surface area contributed by atoms with Crippen molar-refractivity contribution in [2.75, 3.05) is 34.3 Å². The number of amides is 1. The number of pyridine rings is 1. The normalized spacial score (nSPS) is 17.9. The van der Waals surface area contributed by atoms with Gasteiger partial charge in [0, 0.05) is 56.0 Å². The molecule has 2 aliphatic heterocycles. The second kappa shape index (κ2) is 10.8. The Morgan fingerprint density at radius 3 is 2.67 bits per heavy atom. The number of rotatable bonds is 6. The Bertz CT molecular complexity index is 1440. The molecular weight excluding hydrogens is 497 g/mol. The monoisotopic (exact) mass is 527 g/mol. The number of hydrogen-bond donors (Lipinski definition) is 0. The quantitative estimate of drug-likeness (QED) is 0.347. The van der Waals surface area contributed by atoms with Gasteiger partial charge in [0.1, 0.15) is 23.1 Å². The Labute approximate surface area is 226 Å². The fraction of sp³-hybridized carbons (Fsp3) is 0.345. The van der Waals surface area contributed by atoms with Crippen molar-refractivity contribution in [1.82, 2.24) is 20.1 Å². The first-order valence-corrected chi connectivity index (χ1v) is 13.3. The maximum atomic E-state index is 14.2. The molecule has 0 spiro atoms. The second-order valence-corrected chi connectivity index (χ2v) is 10.0. The van der Waals surface area contributed by atoms with Crippen LogP contribution in [0.2, 0.25) is 0 Å². The summed E-state index contributed by atoms with van der Waals surface area (Å²) in [4.78, 5) is 33.3. The maximum Gasteiger partial charge on any atom is 0.260 e. The number of hydrogen-bond acceptors (Lipinski definition) is 8. The molecule has 6 rings (SSSR count). The van der Waals surface area contributed by atoms with E-state index in [4.69, 9.17) is 9.51 Å². The molecule has 1 amide bonds. The molecule has 4 aromatic rings. The van der Waals surface area contributed by atoms with Crippen molar-refractivity contribution in [3.05, 3.63) is 90.0 Å². The van der Waals surface area contributed by atoms with E-state index in [0.717, 1.165) is 36.7 Å². The van der Waals surface area contributed by atoms with E-state index < -0.39 is 0 Å². The van der Waals surface area contributed by atoms with E-state index in [1.807, 2.05) is 19.1 Å². The molecule has 39 heavy (non-hydrogen) atoms. The van der Waals surface area contributed by atoms with Crippen LogP contribution in [-0.4, -0.2) is 51.7 Å². The van der Waals surface area contributed by atoms with Gasteiger partial charge in [-0.25, -0.2) is 9.37 Å². The lowest BCUT2D eigenvalue weighted by molar-refractivity contribution is 0.0972. The molecule has 0 aliphatic carbocycles. The summed E-state index contributed by atoms with van der Waals surface area (Å²) in [5, 5.41) is 4.25. The lowest BCUT2D eigenvalue weighted by Crippen LogP contribution is -2.48. The molecule has 1 atom stereocenters. The zero-order valence-electron chi connectivity index (χ0n) is 21.8. The number of carbonyl (C=O) groups is 1. The molecule has 0 bridgehead atoms. The average Bonchev–Trinajstić information content (AvgIpc) is 3.63. The predicted molar refractivity (Wildman–Crippen MR) is 145 cm³/mol. The van der Waals surface area contributed by atoms with E-state index in [1.165, 1.54) is 12.1 Å². The largest absolute Gasteiger partial charge is 0.361 e. The zero-order chi connectivity index (χ0) is 26.8. The molecule has 10 heteroatoms. The molecule has 9 nitrogen and oxygen atoms in total. The molecule has 1 unspecified atom stereocenters. The van der Waals surface area contributed by atoms with Crippen LogP contribution in [0.5, 0.6) is 0 Å². The van der Waals surface area contributed by atoms with Crippen LogP contribution in [0.1, 0.15) is 53.5 Å². The summed E-state index contributed by atoms with van der Waals surface area (Å²) >= 11 is 0. The van der Waals surface area contributed by atoms with Crippen molar-refractivity contribution in [3.8, 4) is 0 Å². The highest BCUT2D eigenvalue weighted by Crippen LogP contribution is 2.35. The Balaban J connectivity index is 1.19. The van der Waals surface area contributed by atoms with Crippen LogP contribution in [0.4, 0.5) is 21.8 Å². The lowest BCUT2D eigenvalue weighted by Gasteiger charge is -2.38. The highest BCUT2D eigenvalue weighted by molar-refractivity contribution is 6.06. The molecule has 0 N–H and O–H groups in total. The minimum Gasteiger partial charge on any atom is -0.361 e. The van der Waals surface area contributed by atoms with Crippen molar-refractivity contribution in [1.29, 1.82) is 0 Å². The van der Waals surface area contributed by atoms with E-state index in [1.54, 1.807) is 47.8 Å². The number of piperidine rings is 1. The van der Waals surface area contributed by atoms with E-state index in [2.05, 4.69) is 24.9 Å². The van der Waals surface area contributed by atoms with Gasteiger partial charge in [-0.15, -0.1) is 0 Å². The molecule has 0 saturated carbocycles. The maximum absolute atomic E-state index is 14.2. The highest BCUT2D eigenvalue weighted by Gasteiger charge is 2.33. The number of halogens is 1. The zero-order valence-corrected chi connectivity index (χ0v) is 21.8. The van der Waals surface area contributed by atoms with E-state index >= 15 is 0 Å². The first kappa shape index (κ1) is 25.0. The van der Waals surface area contributed by atoms with Gasteiger partial charge in [-0.3, -0.25) is 9.78 Å². The molecule has 2 saturated heterocycles. The van der Waals surface area contributed by atoms with Gasteiger partial charge in [-0.2, -0.15) is 4.98 Å². The van der Waals surface area contributed by atoms with Crippen LogP contribution in [-0.2, 0) is 0 Å². The number of benzene rings is 1. The van der Waals surface area contributed by atoms with Gasteiger partial charge in [0.2, 0.25) is 5.95 Å². The van der Waals surface area contributed by atoms with Gasteiger partial charge in [-0.05, 0) is 69.0 Å². The third kappa shape index (κ3) is 5.19. The predicted octanol–water partition coefficient (Wildman–Crippen LogP) is 4.96. The summed E-state index contributed by atoms with van der Waals surface area (Å²) in [5.41, 5.74) is 1.95. The number of carbonyl (C=O) groups excluding carboxylic acids is 1. The summed E-state index contributed by atoms with van der Waals surface area (Å²) in [6.07, 6.45) is 8.43. The van der Waals surface area contributed by atoms with Crippen LogP contribution in [0.15, 0.2) is 71.6 Å². The van der Waals surface area contributed by atoms with Crippen LogP contribution < -0.4 is 14.7 Å². The third-order valence-corrected chi connectivity index (χ3v) is 7.49. The summed E-state index contributed by atoms with van der Waals surface area (Å²) in [7, 11) is 0. The molecule has 1 aromatic carbocycles. The van der Waals surface area contributed by atoms with Crippen LogP contribution in [0, 0.1) is 12.7 Å². The average molecular weight is 528 g/mol. The lowest BCUT2D eigenvalue weighted by atomic mass is 10.0. The standard InChI is InChI=1S/C29H30FN7O2/c1-20-17-25(34-39-20)26-8-4-14-36(26)27-9-13-32-29(33-27)35-15-10-23(11-16-35)37(24-7-2-6-22(30)18-24)28(38)21-5-3-12-31-19-21/h2-3,5-7,9,12-13,17-19,23,26H,4,8,10-11,14-16H2,1H3.